The predicted molar refractivity (Wildman–Crippen MR) is 63.1 cm³/mol. The van der Waals surface area contributed by atoms with Gasteiger partial charge in [-0.2, -0.15) is 0 Å². The average molecular weight is 233 g/mol. The Balaban J connectivity index is 2.42. The summed E-state index contributed by atoms with van der Waals surface area (Å²) in [7, 11) is 0. The molecule has 0 fully saturated rings. The van der Waals surface area contributed by atoms with Crippen molar-refractivity contribution >= 4 is 22.5 Å². The van der Waals surface area contributed by atoms with Crippen LogP contribution in [0.5, 0.6) is 0 Å². The summed E-state index contributed by atoms with van der Waals surface area (Å²) in [6.07, 6.45) is 1.90. The van der Waals surface area contributed by atoms with Gasteiger partial charge in [-0.15, -0.1) is 0 Å². The minimum absolute atomic E-state index is 0.0780. The molecule has 80 valence electrons. The first kappa shape index (κ1) is 10.9. The summed E-state index contributed by atoms with van der Waals surface area (Å²) < 4.78 is 0. The maximum absolute atomic E-state index is 8.61. The first-order valence-electron chi connectivity index (χ1n) is 4.81. The highest BCUT2D eigenvalue weighted by atomic mass is 35.5. The lowest BCUT2D eigenvalue weighted by atomic mass is 10.1. The van der Waals surface area contributed by atoms with Gasteiger partial charge in [0.2, 0.25) is 0 Å². The van der Waals surface area contributed by atoms with Crippen LogP contribution in [0.15, 0.2) is 24.5 Å². The van der Waals surface area contributed by atoms with Gasteiger partial charge in [-0.1, -0.05) is 23.4 Å². The van der Waals surface area contributed by atoms with Crippen molar-refractivity contribution in [2.45, 2.75) is 6.42 Å². The van der Waals surface area contributed by atoms with Gasteiger partial charge in [0.05, 0.1) is 12.1 Å². The summed E-state index contributed by atoms with van der Waals surface area (Å²) >= 11 is 5.92. The minimum atomic E-state index is 0.0780. The maximum Gasteiger partial charge on any atom is 0.140 e. The molecule has 1 aromatic carbocycles. The van der Waals surface area contributed by atoms with Crippen molar-refractivity contribution < 1.29 is 5.11 Å². The summed E-state index contributed by atoms with van der Waals surface area (Å²) in [4.78, 5) is 8.02. The molecule has 0 atom stereocenters. The van der Waals surface area contributed by atoms with Crippen LogP contribution in [0.2, 0.25) is 5.15 Å². The third-order valence-electron chi connectivity index (χ3n) is 2.06. The van der Waals surface area contributed by atoms with Gasteiger partial charge in [0.25, 0.3) is 0 Å². The molecule has 4 heteroatoms. The average Bonchev–Trinajstić information content (AvgIpc) is 2.30. The fourth-order valence-corrected chi connectivity index (χ4v) is 1.53. The second-order valence-corrected chi connectivity index (χ2v) is 3.53. The zero-order valence-corrected chi connectivity index (χ0v) is 9.20. The molecule has 0 spiro atoms. The Kier molecular flexibility index (Phi) is 3.35. The van der Waals surface area contributed by atoms with Crippen molar-refractivity contribution in [2.24, 2.45) is 0 Å². The van der Waals surface area contributed by atoms with Crippen LogP contribution in [0.4, 0.5) is 0 Å². The van der Waals surface area contributed by atoms with E-state index in [1.807, 2.05) is 18.2 Å². The van der Waals surface area contributed by atoms with E-state index in [4.69, 9.17) is 16.7 Å². The van der Waals surface area contributed by atoms with E-state index in [0.717, 1.165) is 16.5 Å². The number of rotatable bonds is 1. The van der Waals surface area contributed by atoms with E-state index in [1.54, 1.807) is 0 Å². The van der Waals surface area contributed by atoms with Crippen LogP contribution in [-0.2, 0) is 0 Å². The number of hydrogen-bond acceptors (Lipinski definition) is 3. The quantitative estimate of drug-likeness (QED) is 0.604. The molecular weight excluding hydrogens is 224 g/mol. The van der Waals surface area contributed by atoms with Gasteiger partial charge < -0.3 is 5.11 Å². The number of nitrogens with zero attached hydrogens (tertiary/aromatic N) is 2. The van der Waals surface area contributed by atoms with Gasteiger partial charge >= 0.3 is 0 Å². The molecular formula is C12H9ClN2O. The summed E-state index contributed by atoms with van der Waals surface area (Å²) in [6, 6.07) is 5.57. The Morgan fingerprint density at radius 2 is 2.19 bits per heavy atom. The number of aliphatic hydroxyl groups is 1. The number of aliphatic hydroxyl groups excluding tert-OH is 1. The van der Waals surface area contributed by atoms with Crippen molar-refractivity contribution in [3.63, 3.8) is 0 Å². The second kappa shape index (κ2) is 4.93. The first-order chi connectivity index (χ1) is 7.81. The van der Waals surface area contributed by atoms with E-state index in [1.165, 1.54) is 6.33 Å². The van der Waals surface area contributed by atoms with Crippen molar-refractivity contribution in [1.82, 2.24) is 9.97 Å². The Morgan fingerprint density at radius 1 is 1.31 bits per heavy atom. The van der Waals surface area contributed by atoms with E-state index in [2.05, 4.69) is 21.8 Å². The summed E-state index contributed by atoms with van der Waals surface area (Å²) in [6.45, 7) is 0.0780. The molecule has 0 aliphatic heterocycles. The van der Waals surface area contributed by atoms with Gasteiger partial charge in [-0.25, -0.2) is 9.97 Å². The molecule has 1 heterocycles. The summed E-state index contributed by atoms with van der Waals surface area (Å²) in [5.74, 6) is 5.80. The molecule has 2 aromatic rings. The number of benzene rings is 1. The highest BCUT2D eigenvalue weighted by molar-refractivity contribution is 6.34. The summed E-state index contributed by atoms with van der Waals surface area (Å²) in [5, 5.41) is 9.87. The molecule has 0 amide bonds. The number of halogens is 1. The predicted octanol–water partition coefficient (Wildman–Crippen LogP) is 2.02. The molecule has 0 unspecified atom stereocenters. The molecule has 0 aliphatic carbocycles. The highest BCUT2D eigenvalue weighted by Gasteiger charge is 2.00. The molecule has 0 saturated heterocycles. The van der Waals surface area contributed by atoms with Crippen LogP contribution in [0, 0.1) is 11.8 Å². The molecule has 1 N–H and O–H groups in total. The smallest absolute Gasteiger partial charge is 0.140 e. The van der Waals surface area contributed by atoms with Gasteiger partial charge in [-0.05, 0) is 18.2 Å². The maximum atomic E-state index is 8.61. The topological polar surface area (TPSA) is 46.0 Å². The third-order valence-corrected chi connectivity index (χ3v) is 2.36. The van der Waals surface area contributed by atoms with Crippen LogP contribution in [0.3, 0.4) is 0 Å². The fourth-order valence-electron chi connectivity index (χ4n) is 1.32. The molecule has 0 saturated carbocycles. The van der Waals surface area contributed by atoms with Crippen LogP contribution in [-0.4, -0.2) is 21.7 Å². The van der Waals surface area contributed by atoms with Gasteiger partial charge in [0, 0.05) is 17.4 Å². The Labute approximate surface area is 98.1 Å². The van der Waals surface area contributed by atoms with E-state index in [-0.39, 0.29) is 6.61 Å². The molecule has 2 rings (SSSR count). The van der Waals surface area contributed by atoms with E-state index < -0.39 is 0 Å². The lowest BCUT2D eigenvalue weighted by Gasteiger charge is -1.98. The van der Waals surface area contributed by atoms with Crippen molar-refractivity contribution in [2.75, 3.05) is 6.61 Å². The van der Waals surface area contributed by atoms with E-state index in [0.29, 0.717) is 11.6 Å². The molecule has 0 radical (unpaired) electrons. The number of aromatic nitrogens is 2. The van der Waals surface area contributed by atoms with Gasteiger partial charge in [0.15, 0.2) is 0 Å². The Morgan fingerprint density at radius 3 is 3.00 bits per heavy atom. The molecule has 0 bridgehead atoms. The van der Waals surface area contributed by atoms with Crippen LogP contribution in [0.1, 0.15) is 12.0 Å². The lowest BCUT2D eigenvalue weighted by molar-refractivity contribution is 0.305. The number of fused-ring (bicyclic) bond motifs is 1. The Bertz CT molecular complexity index is 572. The molecule has 1 aromatic heterocycles. The molecule has 3 nitrogen and oxygen atoms in total. The third kappa shape index (κ3) is 2.30. The monoisotopic (exact) mass is 232 g/mol. The van der Waals surface area contributed by atoms with Crippen LogP contribution in [0.25, 0.3) is 10.9 Å². The zero-order valence-electron chi connectivity index (χ0n) is 8.44. The standard InChI is InChI=1S/C12H9ClN2O/c13-12-10-5-4-9(3-1-2-6-16)7-11(10)14-8-15-12/h4-5,7-8,16H,2,6H2. The largest absolute Gasteiger partial charge is 0.395 e. The molecule has 16 heavy (non-hydrogen) atoms. The fraction of sp³-hybridized carbons (Fsp3) is 0.167. The van der Waals surface area contributed by atoms with Crippen molar-refractivity contribution in [3.8, 4) is 11.8 Å². The van der Waals surface area contributed by atoms with Crippen LogP contribution < -0.4 is 0 Å². The normalized spacial score (nSPS) is 9.88. The summed E-state index contributed by atoms with van der Waals surface area (Å²) in [5.41, 5.74) is 1.63. The first-order valence-corrected chi connectivity index (χ1v) is 5.19. The van der Waals surface area contributed by atoms with Crippen molar-refractivity contribution in [1.29, 1.82) is 0 Å². The van der Waals surface area contributed by atoms with E-state index >= 15 is 0 Å². The van der Waals surface area contributed by atoms with Crippen LogP contribution >= 0.6 is 11.6 Å². The molecule has 0 aliphatic rings. The second-order valence-electron chi connectivity index (χ2n) is 3.17. The lowest BCUT2D eigenvalue weighted by Crippen LogP contribution is -1.85. The van der Waals surface area contributed by atoms with E-state index in [9.17, 15) is 0 Å². The van der Waals surface area contributed by atoms with Gasteiger partial charge in [-0.3, -0.25) is 0 Å². The zero-order chi connectivity index (χ0) is 11.4. The van der Waals surface area contributed by atoms with Gasteiger partial charge in [0.1, 0.15) is 11.5 Å². The highest BCUT2D eigenvalue weighted by Crippen LogP contribution is 2.19. The Hall–Kier alpha value is -1.63. The minimum Gasteiger partial charge on any atom is -0.395 e. The SMILES string of the molecule is OCCC#Cc1ccc2c(Cl)ncnc2c1. The number of hydrogen-bond donors (Lipinski definition) is 1. The van der Waals surface area contributed by atoms with Crippen molar-refractivity contribution in [3.05, 3.63) is 35.2 Å².